The Morgan fingerprint density at radius 2 is 1.84 bits per heavy atom. The summed E-state index contributed by atoms with van der Waals surface area (Å²) >= 11 is 0. The minimum absolute atomic E-state index is 0.124. The first-order valence-corrected chi connectivity index (χ1v) is 6.11. The zero-order valence-electron chi connectivity index (χ0n) is 11.0. The van der Waals surface area contributed by atoms with Crippen LogP contribution in [0.5, 0.6) is 0 Å². The summed E-state index contributed by atoms with van der Waals surface area (Å²) in [7, 11) is 0. The van der Waals surface area contributed by atoms with E-state index in [1.807, 2.05) is 19.1 Å². The van der Waals surface area contributed by atoms with Crippen molar-refractivity contribution in [3.63, 3.8) is 0 Å². The van der Waals surface area contributed by atoms with E-state index in [9.17, 15) is 10.1 Å². The average molecular weight is 256 g/mol. The van der Waals surface area contributed by atoms with E-state index in [0.29, 0.717) is 6.54 Å². The molecule has 4 heteroatoms. The van der Waals surface area contributed by atoms with E-state index >= 15 is 0 Å². The third-order valence-corrected chi connectivity index (χ3v) is 3.15. The van der Waals surface area contributed by atoms with Crippen LogP contribution in [0.25, 0.3) is 0 Å². The molecule has 0 radical (unpaired) electrons. The van der Waals surface area contributed by atoms with Crippen LogP contribution >= 0.6 is 0 Å². The van der Waals surface area contributed by atoms with Crippen molar-refractivity contribution < 1.29 is 4.92 Å². The zero-order valence-corrected chi connectivity index (χ0v) is 11.0. The van der Waals surface area contributed by atoms with Gasteiger partial charge in [-0.2, -0.15) is 0 Å². The van der Waals surface area contributed by atoms with Crippen LogP contribution in [0.15, 0.2) is 42.5 Å². The highest BCUT2D eigenvalue weighted by Gasteiger charge is 2.07. The van der Waals surface area contributed by atoms with Crippen molar-refractivity contribution in [1.82, 2.24) is 0 Å². The number of aryl methyl sites for hydroxylation is 2. The Morgan fingerprint density at radius 1 is 1.11 bits per heavy atom. The Labute approximate surface area is 112 Å². The second kappa shape index (κ2) is 5.52. The number of nitro benzene ring substituents is 1. The third kappa shape index (κ3) is 3.10. The summed E-state index contributed by atoms with van der Waals surface area (Å²) < 4.78 is 0. The molecule has 19 heavy (non-hydrogen) atoms. The molecule has 0 aliphatic carbocycles. The Balaban J connectivity index is 2.12. The van der Waals surface area contributed by atoms with E-state index in [1.165, 1.54) is 17.2 Å². The second-order valence-corrected chi connectivity index (χ2v) is 4.54. The van der Waals surface area contributed by atoms with Crippen LogP contribution in [0.2, 0.25) is 0 Å². The smallest absolute Gasteiger partial charge is 0.269 e. The number of benzene rings is 2. The molecule has 0 amide bonds. The van der Waals surface area contributed by atoms with Gasteiger partial charge in [0.2, 0.25) is 0 Å². The van der Waals surface area contributed by atoms with Gasteiger partial charge in [0.05, 0.1) is 4.92 Å². The van der Waals surface area contributed by atoms with Crippen molar-refractivity contribution in [2.75, 3.05) is 5.32 Å². The molecule has 0 atom stereocenters. The summed E-state index contributed by atoms with van der Waals surface area (Å²) in [4.78, 5) is 10.3. The molecule has 0 saturated carbocycles. The molecule has 0 aromatic heterocycles. The van der Waals surface area contributed by atoms with Crippen molar-refractivity contribution in [3.8, 4) is 0 Å². The molecule has 0 saturated heterocycles. The van der Waals surface area contributed by atoms with Gasteiger partial charge in [0, 0.05) is 24.4 Å². The summed E-state index contributed by atoms with van der Waals surface area (Å²) in [5.74, 6) is 0. The molecule has 2 aromatic rings. The number of nitro groups is 1. The summed E-state index contributed by atoms with van der Waals surface area (Å²) in [6.45, 7) is 4.65. The Kier molecular flexibility index (Phi) is 3.80. The maximum Gasteiger partial charge on any atom is 0.269 e. The molecule has 0 spiro atoms. The summed E-state index contributed by atoms with van der Waals surface area (Å²) in [5.41, 5.74) is 4.38. The number of non-ortho nitro benzene ring substituents is 1. The van der Waals surface area contributed by atoms with Crippen molar-refractivity contribution in [3.05, 3.63) is 69.3 Å². The minimum Gasteiger partial charge on any atom is -0.381 e. The van der Waals surface area contributed by atoms with Gasteiger partial charge in [-0.3, -0.25) is 10.1 Å². The lowest BCUT2D eigenvalue weighted by Crippen LogP contribution is -2.03. The first-order valence-electron chi connectivity index (χ1n) is 6.11. The van der Waals surface area contributed by atoms with Gasteiger partial charge >= 0.3 is 0 Å². The fraction of sp³-hybridized carbons (Fsp3) is 0.200. The molecular formula is C15H16N2O2. The largest absolute Gasteiger partial charge is 0.381 e. The van der Waals surface area contributed by atoms with Crippen molar-refractivity contribution in [1.29, 1.82) is 0 Å². The molecule has 2 rings (SSSR count). The summed E-state index contributed by atoms with van der Waals surface area (Å²) in [6.07, 6.45) is 0. The highest BCUT2D eigenvalue weighted by molar-refractivity contribution is 5.55. The van der Waals surface area contributed by atoms with E-state index in [0.717, 1.165) is 11.3 Å². The average Bonchev–Trinajstić information content (AvgIpc) is 2.39. The van der Waals surface area contributed by atoms with E-state index in [2.05, 4.69) is 24.4 Å². The number of hydrogen-bond donors (Lipinski definition) is 1. The monoisotopic (exact) mass is 256 g/mol. The van der Waals surface area contributed by atoms with E-state index in [-0.39, 0.29) is 10.6 Å². The Bertz CT molecular complexity index is 609. The molecule has 2 aromatic carbocycles. The van der Waals surface area contributed by atoms with Gasteiger partial charge in [-0.1, -0.05) is 24.3 Å². The fourth-order valence-corrected chi connectivity index (χ4v) is 1.96. The maximum atomic E-state index is 10.7. The van der Waals surface area contributed by atoms with Gasteiger partial charge in [-0.15, -0.1) is 0 Å². The molecule has 0 unspecified atom stereocenters. The fourth-order valence-electron chi connectivity index (χ4n) is 1.96. The highest BCUT2D eigenvalue weighted by atomic mass is 16.6. The maximum absolute atomic E-state index is 10.7. The Hall–Kier alpha value is -2.36. The highest BCUT2D eigenvalue weighted by Crippen LogP contribution is 2.22. The first-order chi connectivity index (χ1) is 9.08. The molecule has 0 fully saturated rings. The van der Waals surface area contributed by atoms with Gasteiger partial charge in [0.25, 0.3) is 5.69 Å². The van der Waals surface area contributed by atoms with Crippen LogP contribution in [0.1, 0.15) is 16.7 Å². The molecule has 0 bridgehead atoms. The van der Waals surface area contributed by atoms with Crippen molar-refractivity contribution in [2.24, 2.45) is 0 Å². The van der Waals surface area contributed by atoms with E-state index in [1.54, 1.807) is 12.1 Å². The number of rotatable bonds is 4. The lowest BCUT2D eigenvalue weighted by molar-refractivity contribution is -0.384. The van der Waals surface area contributed by atoms with Crippen LogP contribution in [0.3, 0.4) is 0 Å². The Morgan fingerprint density at radius 3 is 2.47 bits per heavy atom. The molecule has 98 valence electrons. The van der Waals surface area contributed by atoms with Crippen LogP contribution in [0.4, 0.5) is 11.4 Å². The molecular weight excluding hydrogens is 240 g/mol. The van der Waals surface area contributed by atoms with Gasteiger partial charge in [0.15, 0.2) is 0 Å². The predicted molar refractivity (Wildman–Crippen MR) is 76.3 cm³/mol. The number of nitrogens with zero attached hydrogens (tertiary/aromatic N) is 1. The standard InChI is InChI=1S/C15H16N2O2/c1-11-5-3-4-6-13(11)10-16-15-8-7-14(17(18)19)9-12(15)2/h3-9,16H,10H2,1-2H3. The van der Waals surface area contributed by atoms with Crippen LogP contribution < -0.4 is 5.32 Å². The lowest BCUT2D eigenvalue weighted by atomic mass is 10.1. The van der Waals surface area contributed by atoms with Gasteiger partial charge in [0.1, 0.15) is 0 Å². The van der Waals surface area contributed by atoms with Crippen LogP contribution in [-0.4, -0.2) is 4.92 Å². The molecule has 0 heterocycles. The van der Waals surface area contributed by atoms with Crippen LogP contribution in [-0.2, 0) is 6.54 Å². The molecule has 4 nitrogen and oxygen atoms in total. The summed E-state index contributed by atoms with van der Waals surface area (Å²) in [6, 6.07) is 13.0. The second-order valence-electron chi connectivity index (χ2n) is 4.54. The third-order valence-electron chi connectivity index (χ3n) is 3.15. The molecule has 1 N–H and O–H groups in total. The normalized spacial score (nSPS) is 10.2. The van der Waals surface area contributed by atoms with E-state index in [4.69, 9.17) is 0 Å². The zero-order chi connectivity index (χ0) is 13.8. The minimum atomic E-state index is -0.377. The quantitative estimate of drug-likeness (QED) is 0.668. The van der Waals surface area contributed by atoms with E-state index < -0.39 is 0 Å². The topological polar surface area (TPSA) is 55.2 Å². The molecule has 0 aliphatic rings. The van der Waals surface area contributed by atoms with Gasteiger partial charge < -0.3 is 5.32 Å². The number of anilines is 1. The lowest BCUT2D eigenvalue weighted by Gasteiger charge is -2.11. The molecule has 0 aliphatic heterocycles. The van der Waals surface area contributed by atoms with Crippen molar-refractivity contribution in [2.45, 2.75) is 20.4 Å². The first kappa shape index (κ1) is 13.1. The van der Waals surface area contributed by atoms with Crippen molar-refractivity contribution >= 4 is 11.4 Å². The van der Waals surface area contributed by atoms with Crippen LogP contribution in [0, 0.1) is 24.0 Å². The summed E-state index contributed by atoms with van der Waals surface area (Å²) in [5, 5.41) is 14.0. The number of hydrogen-bond acceptors (Lipinski definition) is 3. The predicted octanol–water partition coefficient (Wildman–Crippen LogP) is 3.82. The van der Waals surface area contributed by atoms with Gasteiger partial charge in [-0.05, 0) is 36.6 Å². The number of nitrogens with one attached hydrogen (secondary N) is 1. The SMILES string of the molecule is Cc1ccccc1CNc1ccc([N+](=O)[O-])cc1C. The van der Waals surface area contributed by atoms with Gasteiger partial charge in [-0.25, -0.2) is 0 Å².